The van der Waals surface area contributed by atoms with Crippen LogP contribution in [0.25, 0.3) is 0 Å². The van der Waals surface area contributed by atoms with Crippen LogP contribution in [-0.4, -0.2) is 44.0 Å². The first-order valence-corrected chi connectivity index (χ1v) is 6.92. The standard InChI is InChI=1S/C13H15ClFN3O3/c14-8-12(19)16-17-13(20)9-1-2-11(10(15)7-9)18-3-5-21-6-4-18/h1-2,7H,3-6,8H2,(H,16,19)(H,17,20). The molecule has 0 aliphatic carbocycles. The largest absolute Gasteiger partial charge is 0.378 e. The van der Waals surface area contributed by atoms with Gasteiger partial charge in [-0.25, -0.2) is 4.39 Å². The SMILES string of the molecule is O=C(CCl)NNC(=O)c1ccc(N2CCOCC2)c(F)c1. The molecule has 0 unspecified atom stereocenters. The third kappa shape index (κ3) is 4.05. The van der Waals surface area contributed by atoms with E-state index in [4.69, 9.17) is 16.3 Å². The van der Waals surface area contributed by atoms with Crippen molar-refractivity contribution in [3.05, 3.63) is 29.6 Å². The molecule has 114 valence electrons. The van der Waals surface area contributed by atoms with Gasteiger partial charge in [0.2, 0.25) is 0 Å². The molecule has 0 bridgehead atoms. The number of hydrazine groups is 1. The number of carbonyl (C=O) groups excluding carboxylic acids is 2. The zero-order valence-electron chi connectivity index (χ0n) is 11.2. The van der Waals surface area contributed by atoms with Gasteiger partial charge in [0.05, 0.1) is 18.9 Å². The molecule has 1 heterocycles. The summed E-state index contributed by atoms with van der Waals surface area (Å²) in [6, 6.07) is 4.17. The maximum Gasteiger partial charge on any atom is 0.269 e. The Bertz CT molecular complexity index is 535. The first kappa shape index (κ1) is 15.5. The normalized spacial score (nSPS) is 14.7. The number of benzene rings is 1. The van der Waals surface area contributed by atoms with Crippen LogP contribution in [-0.2, 0) is 9.53 Å². The van der Waals surface area contributed by atoms with Gasteiger partial charge in [-0.1, -0.05) is 0 Å². The molecule has 8 heteroatoms. The number of alkyl halides is 1. The molecule has 2 rings (SSSR count). The van der Waals surface area contributed by atoms with Crippen molar-refractivity contribution in [3.63, 3.8) is 0 Å². The van der Waals surface area contributed by atoms with E-state index in [1.54, 1.807) is 6.07 Å². The quantitative estimate of drug-likeness (QED) is 0.635. The van der Waals surface area contributed by atoms with Crippen molar-refractivity contribution in [2.75, 3.05) is 37.1 Å². The van der Waals surface area contributed by atoms with Crippen LogP contribution in [0.5, 0.6) is 0 Å². The zero-order chi connectivity index (χ0) is 15.2. The van der Waals surface area contributed by atoms with Gasteiger partial charge in [-0.2, -0.15) is 0 Å². The second-order valence-electron chi connectivity index (χ2n) is 4.40. The molecule has 0 aromatic heterocycles. The van der Waals surface area contributed by atoms with E-state index < -0.39 is 17.6 Å². The lowest BCUT2D eigenvalue weighted by Crippen LogP contribution is -2.42. The van der Waals surface area contributed by atoms with Crippen molar-refractivity contribution >= 4 is 29.1 Å². The Morgan fingerprint density at radius 3 is 2.62 bits per heavy atom. The predicted molar refractivity (Wildman–Crippen MR) is 75.8 cm³/mol. The van der Waals surface area contributed by atoms with E-state index >= 15 is 0 Å². The summed E-state index contributed by atoms with van der Waals surface area (Å²) in [6.45, 7) is 2.31. The molecular weight excluding hydrogens is 301 g/mol. The highest BCUT2D eigenvalue weighted by Gasteiger charge is 2.17. The predicted octanol–water partition coefficient (Wildman–Crippen LogP) is 0.662. The number of hydrogen-bond donors (Lipinski definition) is 2. The molecule has 1 fully saturated rings. The van der Waals surface area contributed by atoms with Crippen molar-refractivity contribution in [1.29, 1.82) is 0 Å². The van der Waals surface area contributed by atoms with Gasteiger partial charge in [-0.15, -0.1) is 11.6 Å². The Balaban J connectivity index is 2.04. The van der Waals surface area contributed by atoms with Gasteiger partial charge in [0.25, 0.3) is 11.8 Å². The Hall–Kier alpha value is -1.86. The highest BCUT2D eigenvalue weighted by atomic mass is 35.5. The molecule has 0 saturated carbocycles. The molecule has 1 aromatic carbocycles. The summed E-state index contributed by atoms with van der Waals surface area (Å²) in [5.41, 5.74) is 4.80. The number of morpholine rings is 1. The fraction of sp³-hybridized carbons (Fsp3) is 0.385. The fourth-order valence-corrected chi connectivity index (χ4v) is 2.01. The van der Waals surface area contributed by atoms with Gasteiger partial charge in [0, 0.05) is 18.7 Å². The Morgan fingerprint density at radius 1 is 1.29 bits per heavy atom. The van der Waals surface area contributed by atoms with Crippen molar-refractivity contribution in [1.82, 2.24) is 10.9 Å². The molecule has 0 atom stereocenters. The second-order valence-corrected chi connectivity index (χ2v) is 4.67. The molecule has 0 radical (unpaired) electrons. The maximum atomic E-state index is 14.1. The minimum Gasteiger partial charge on any atom is -0.378 e. The molecule has 6 nitrogen and oxygen atoms in total. The monoisotopic (exact) mass is 315 g/mol. The summed E-state index contributed by atoms with van der Waals surface area (Å²) in [5.74, 6) is -1.92. The second kappa shape index (κ2) is 7.24. The van der Waals surface area contributed by atoms with Crippen molar-refractivity contribution < 1.29 is 18.7 Å². The number of ether oxygens (including phenoxy) is 1. The molecule has 2 N–H and O–H groups in total. The molecule has 1 aromatic rings. The third-order valence-electron chi connectivity index (χ3n) is 3.00. The minimum atomic E-state index is -0.610. The van der Waals surface area contributed by atoms with E-state index in [9.17, 15) is 14.0 Å². The number of rotatable bonds is 3. The molecule has 2 amide bonds. The van der Waals surface area contributed by atoms with Gasteiger partial charge in [0.15, 0.2) is 0 Å². The van der Waals surface area contributed by atoms with Crippen LogP contribution in [0.1, 0.15) is 10.4 Å². The van der Waals surface area contributed by atoms with E-state index in [0.717, 1.165) is 6.07 Å². The number of halogens is 2. The highest BCUT2D eigenvalue weighted by molar-refractivity contribution is 6.27. The van der Waals surface area contributed by atoms with E-state index in [1.807, 2.05) is 4.90 Å². The van der Waals surface area contributed by atoms with Gasteiger partial charge in [-0.05, 0) is 18.2 Å². The summed E-state index contributed by atoms with van der Waals surface area (Å²) < 4.78 is 19.3. The lowest BCUT2D eigenvalue weighted by Gasteiger charge is -2.29. The Kier molecular flexibility index (Phi) is 5.35. The average Bonchev–Trinajstić information content (AvgIpc) is 2.52. The summed E-state index contributed by atoms with van der Waals surface area (Å²) in [7, 11) is 0. The number of carbonyl (C=O) groups is 2. The summed E-state index contributed by atoms with van der Waals surface area (Å²) in [5, 5.41) is 0. The topological polar surface area (TPSA) is 70.7 Å². The van der Waals surface area contributed by atoms with E-state index in [2.05, 4.69) is 10.9 Å². The van der Waals surface area contributed by atoms with Crippen LogP contribution in [0.2, 0.25) is 0 Å². The number of amides is 2. The van der Waals surface area contributed by atoms with Crippen LogP contribution in [0, 0.1) is 5.82 Å². The molecule has 1 aliphatic rings. The first-order chi connectivity index (χ1) is 10.1. The first-order valence-electron chi connectivity index (χ1n) is 6.39. The average molecular weight is 316 g/mol. The van der Waals surface area contributed by atoms with Crippen LogP contribution in [0.15, 0.2) is 18.2 Å². The zero-order valence-corrected chi connectivity index (χ0v) is 12.0. The molecule has 1 saturated heterocycles. The summed E-state index contributed by atoms with van der Waals surface area (Å²) in [4.78, 5) is 24.5. The lowest BCUT2D eigenvalue weighted by atomic mass is 10.1. The summed E-state index contributed by atoms with van der Waals surface area (Å²) in [6.07, 6.45) is 0. The van der Waals surface area contributed by atoms with Crippen molar-refractivity contribution in [2.24, 2.45) is 0 Å². The number of anilines is 1. The highest BCUT2D eigenvalue weighted by Crippen LogP contribution is 2.21. The number of nitrogens with one attached hydrogen (secondary N) is 2. The molecular formula is C13H15ClFN3O3. The van der Waals surface area contributed by atoms with Gasteiger partial charge in [-0.3, -0.25) is 20.4 Å². The number of hydrogen-bond acceptors (Lipinski definition) is 4. The smallest absolute Gasteiger partial charge is 0.269 e. The van der Waals surface area contributed by atoms with Crippen LogP contribution in [0.3, 0.4) is 0 Å². The minimum absolute atomic E-state index is 0.111. The van der Waals surface area contributed by atoms with Crippen molar-refractivity contribution in [2.45, 2.75) is 0 Å². The van der Waals surface area contributed by atoms with E-state index in [0.29, 0.717) is 32.0 Å². The van der Waals surface area contributed by atoms with Crippen LogP contribution < -0.4 is 15.8 Å². The van der Waals surface area contributed by atoms with Gasteiger partial charge >= 0.3 is 0 Å². The number of nitrogens with zero attached hydrogens (tertiary/aromatic N) is 1. The molecule has 1 aliphatic heterocycles. The van der Waals surface area contributed by atoms with Crippen LogP contribution >= 0.6 is 11.6 Å². The van der Waals surface area contributed by atoms with Gasteiger partial charge < -0.3 is 9.64 Å². The molecule has 21 heavy (non-hydrogen) atoms. The van der Waals surface area contributed by atoms with E-state index in [-0.39, 0.29) is 11.4 Å². The van der Waals surface area contributed by atoms with Gasteiger partial charge in [0.1, 0.15) is 11.7 Å². The van der Waals surface area contributed by atoms with Crippen molar-refractivity contribution in [3.8, 4) is 0 Å². The van der Waals surface area contributed by atoms with E-state index in [1.165, 1.54) is 6.07 Å². The molecule has 0 spiro atoms. The lowest BCUT2D eigenvalue weighted by molar-refractivity contribution is -0.119. The Morgan fingerprint density at radius 2 is 2.00 bits per heavy atom. The maximum absolute atomic E-state index is 14.1. The third-order valence-corrected chi connectivity index (χ3v) is 3.24. The fourth-order valence-electron chi connectivity index (χ4n) is 1.94. The summed E-state index contributed by atoms with van der Waals surface area (Å²) >= 11 is 5.27. The van der Waals surface area contributed by atoms with Crippen LogP contribution in [0.4, 0.5) is 10.1 Å². The Labute approximate surface area is 126 Å².